The summed E-state index contributed by atoms with van der Waals surface area (Å²) in [6.07, 6.45) is 1.65. The van der Waals surface area contributed by atoms with Crippen molar-refractivity contribution in [3.63, 3.8) is 0 Å². The van der Waals surface area contributed by atoms with Crippen molar-refractivity contribution in [3.8, 4) is 11.5 Å². The molecule has 0 aliphatic heterocycles. The molecule has 0 aliphatic carbocycles. The highest BCUT2D eigenvalue weighted by atomic mass is 16.3. The lowest BCUT2D eigenvalue weighted by Crippen LogP contribution is -2.07. The van der Waals surface area contributed by atoms with Crippen molar-refractivity contribution in [2.75, 3.05) is 11.9 Å². The molecule has 0 fully saturated rings. The number of hydrogen-bond donors (Lipinski definition) is 2. The molecule has 0 saturated carbocycles. The van der Waals surface area contributed by atoms with Gasteiger partial charge >= 0.3 is 0 Å². The number of aliphatic hydroxyl groups is 1. The molecule has 1 aromatic carbocycles. The fourth-order valence-electron chi connectivity index (χ4n) is 2.74. The molecule has 0 aliphatic rings. The highest BCUT2D eigenvalue weighted by Crippen LogP contribution is 2.23. The van der Waals surface area contributed by atoms with E-state index in [2.05, 4.69) is 15.4 Å². The molecule has 6 nitrogen and oxygen atoms in total. The van der Waals surface area contributed by atoms with Crippen LogP contribution in [0, 0.1) is 20.8 Å². The lowest BCUT2D eigenvalue weighted by molar-refractivity contribution is 0.268. The second-order valence-electron chi connectivity index (χ2n) is 5.82. The molecule has 2 aromatic heterocycles. The van der Waals surface area contributed by atoms with Gasteiger partial charge in [-0.3, -0.25) is 4.68 Å². The van der Waals surface area contributed by atoms with Gasteiger partial charge < -0.3 is 14.8 Å². The standard InChI is InChI=1S/C18H22N4O2/c1-12-11-24-18(20-12)15-5-4-6-16(9-15)19-10-17-13(2)21-22(7-8-23)14(17)3/h4-6,9,11,19,23H,7-8,10H2,1-3H3. The quantitative estimate of drug-likeness (QED) is 0.728. The van der Waals surface area contributed by atoms with E-state index >= 15 is 0 Å². The maximum Gasteiger partial charge on any atom is 0.226 e. The van der Waals surface area contributed by atoms with E-state index in [1.165, 1.54) is 0 Å². The highest BCUT2D eigenvalue weighted by Gasteiger charge is 2.11. The van der Waals surface area contributed by atoms with E-state index in [1.54, 1.807) is 6.26 Å². The molecule has 2 heterocycles. The second-order valence-corrected chi connectivity index (χ2v) is 5.82. The molecule has 3 rings (SSSR count). The van der Waals surface area contributed by atoms with Crippen molar-refractivity contribution >= 4 is 5.69 Å². The van der Waals surface area contributed by atoms with Gasteiger partial charge in [0.25, 0.3) is 0 Å². The molecule has 2 N–H and O–H groups in total. The molecular formula is C18H22N4O2. The molecule has 24 heavy (non-hydrogen) atoms. The summed E-state index contributed by atoms with van der Waals surface area (Å²) in [4.78, 5) is 4.36. The summed E-state index contributed by atoms with van der Waals surface area (Å²) in [6, 6.07) is 7.99. The minimum Gasteiger partial charge on any atom is -0.444 e. The van der Waals surface area contributed by atoms with Gasteiger partial charge in [-0.15, -0.1) is 0 Å². The van der Waals surface area contributed by atoms with Crippen LogP contribution >= 0.6 is 0 Å². The average Bonchev–Trinajstić information content (AvgIpc) is 3.11. The first kappa shape index (κ1) is 16.3. The smallest absolute Gasteiger partial charge is 0.226 e. The van der Waals surface area contributed by atoms with Gasteiger partial charge in [-0.05, 0) is 39.0 Å². The highest BCUT2D eigenvalue weighted by molar-refractivity contribution is 5.61. The van der Waals surface area contributed by atoms with Crippen LogP contribution in [0.2, 0.25) is 0 Å². The zero-order chi connectivity index (χ0) is 17.1. The fraction of sp³-hybridized carbons (Fsp3) is 0.333. The largest absolute Gasteiger partial charge is 0.444 e. The lowest BCUT2D eigenvalue weighted by Gasteiger charge is -2.08. The number of aromatic nitrogens is 3. The molecule has 0 spiro atoms. The first-order valence-corrected chi connectivity index (χ1v) is 7.98. The van der Waals surface area contributed by atoms with Gasteiger partial charge in [0.05, 0.1) is 24.5 Å². The predicted octanol–water partition coefficient (Wildman–Crippen LogP) is 3.07. The van der Waals surface area contributed by atoms with Crippen molar-refractivity contribution in [1.82, 2.24) is 14.8 Å². The maximum absolute atomic E-state index is 9.10. The summed E-state index contributed by atoms with van der Waals surface area (Å²) in [5, 5.41) is 17.0. The minimum absolute atomic E-state index is 0.0897. The number of benzene rings is 1. The molecule has 0 amide bonds. The Balaban J connectivity index is 1.76. The van der Waals surface area contributed by atoms with Gasteiger partial charge in [0, 0.05) is 29.1 Å². The van der Waals surface area contributed by atoms with E-state index in [9.17, 15) is 0 Å². The fourth-order valence-corrected chi connectivity index (χ4v) is 2.74. The normalized spacial score (nSPS) is 11.0. The molecular weight excluding hydrogens is 304 g/mol. The third kappa shape index (κ3) is 3.33. The van der Waals surface area contributed by atoms with Crippen LogP contribution in [0.5, 0.6) is 0 Å². The van der Waals surface area contributed by atoms with Crippen molar-refractivity contribution in [1.29, 1.82) is 0 Å². The van der Waals surface area contributed by atoms with Crippen molar-refractivity contribution < 1.29 is 9.52 Å². The summed E-state index contributed by atoms with van der Waals surface area (Å²) in [5.41, 5.74) is 6.02. The number of aryl methyl sites for hydroxylation is 2. The molecule has 126 valence electrons. The van der Waals surface area contributed by atoms with Crippen LogP contribution in [0.1, 0.15) is 22.6 Å². The maximum atomic E-state index is 9.10. The average molecular weight is 326 g/mol. The first-order valence-electron chi connectivity index (χ1n) is 7.98. The molecule has 0 unspecified atom stereocenters. The third-order valence-corrected chi connectivity index (χ3v) is 4.04. The Hall–Kier alpha value is -2.60. The topological polar surface area (TPSA) is 76.1 Å². The summed E-state index contributed by atoms with van der Waals surface area (Å²) < 4.78 is 7.31. The van der Waals surface area contributed by atoms with Crippen LogP contribution in [0.15, 0.2) is 34.9 Å². The summed E-state index contributed by atoms with van der Waals surface area (Å²) in [5.74, 6) is 0.624. The number of oxazole rings is 1. The van der Waals surface area contributed by atoms with E-state index in [0.717, 1.165) is 33.9 Å². The summed E-state index contributed by atoms with van der Waals surface area (Å²) in [7, 11) is 0. The molecule has 0 radical (unpaired) electrons. The van der Waals surface area contributed by atoms with Crippen LogP contribution in [0.3, 0.4) is 0 Å². The number of hydrogen-bond acceptors (Lipinski definition) is 5. The zero-order valence-electron chi connectivity index (χ0n) is 14.2. The van der Waals surface area contributed by atoms with Gasteiger partial charge in [-0.2, -0.15) is 5.10 Å². The zero-order valence-corrected chi connectivity index (χ0v) is 14.2. The second kappa shape index (κ2) is 6.88. The monoisotopic (exact) mass is 326 g/mol. The molecule has 0 bridgehead atoms. The van der Waals surface area contributed by atoms with Crippen LogP contribution in [-0.2, 0) is 13.1 Å². The SMILES string of the molecule is Cc1coc(-c2cccc(NCc3c(C)nn(CCO)c3C)c2)n1. The Bertz CT molecular complexity index is 835. The van der Waals surface area contributed by atoms with E-state index in [1.807, 2.05) is 49.7 Å². The lowest BCUT2D eigenvalue weighted by atomic mass is 10.1. The number of nitrogens with one attached hydrogen (secondary N) is 1. The van der Waals surface area contributed by atoms with Crippen LogP contribution < -0.4 is 5.32 Å². The predicted molar refractivity (Wildman–Crippen MR) is 92.8 cm³/mol. The molecule has 0 atom stereocenters. The number of aliphatic hydroxyl groups excluding tert-OH is 1. The third-order valence-electron chi connectivity index (χ3n) is 4.04. The van der Waals surface area contributed by atoms with Gasteiger partial charge in [0.1, 0.15) is 6.26 Å². The van der Waals surface area contributed by atoms with Gasteiger partial charge in [0.2, 0.25) is 5.89 Å². The Morgan fingerprint density at radius 1 is 1.25 bits per heavy atom. The molecule has 0 saturated heterocycles. The van der Waals surface area contributed by atoms with Crippen molar-refractivity contribution in [2.45, 2.75) is 33.9 Å². The Kier molecular flexibility index (Phi) is 4.66. The number of anilines is 1. The van der Waals surface area contributed by atoms with Crippen molar-refractivity contribution in [3.05, 3.63) is 53.2 Å². The summed E-state index contributed by atoms with van der Waals surface area (Å²) >= 11 is 0. The minimum atomic E-state index is 0.0897. The Morgan fingerprint density at radius 2 is 2.08 bits per heavy atom. The molecule has 3 aromatic rings. The van der Waals surface area contributed by atoms with Crippen LogP contribution in [-0.4, -0.2) is 26.5 Å². The summed E-state index contributed by atoms with van der Waals surface area (Å²) in [6.45, 7) is 7.21. The van der Waals surface area contributed by atoms with Gasteiger partial charge in [-0.1, -0.05) is 6.07 Å². The van der Waals surface area contributed by atoms with E-state index < -0.39 is 0 Å². The number of rotatable bonds is 6. The molecule has 6 heteroatoms. The first-order chi connectivity index (χ1) is 11.6. The van der Waals surface area contributed by atoms with E-state index in [-0.39, 0.29) is 6.61 Å². The van der Waals surface area contributed by atoms with E-state index in [4.69, 9.17) is 9.52 Å². The number of nitrogens with zero attached hydrogens (tertiary/aromatic N) is 3. The Labute approximate surface area is 141 Å². The van der Waals surface area contributed by atoms with Crippen LogP contribution in [0.4, 0.5) is 5.69 Å². The van der Waals surface area contributed by atoms with Gasteiger partial charge in [-0.25, -0.2) is 4.98 Å². The van der Waals surface area contributed by atoms with Gasteiger partial charge in [0.15, 0.2) is 0 Å². The van der Waals surface area contributed by atoms with E-state index in [0.29, 0.717) is 19.0 Å². The van der Waals surface area contributed by atoms with Crippen LogP contribution in [0.25, 0.3) is 11.5 Å². The Morgan fingerprint density at radius 3 is 2.79 bits per heavy atom. The van der Waals surface area contributed by atoms with Crippen molar-refractivity contribution in [2.24, 2.45) is 0 Å².